The van der Waals surface area contributed by atoms with Crippen molar-refractivity contribution in [3.63, 3.8) is 0 Å². The van der Waals surface area contributed by atoms with Crippen LogP contribution in [0.3, 0.4) is 0 Å². The fourth-order valence-electron chi connectivity index (χ4n) is 1.18. The fourth-order valence-corrected chi connectivity index (χ4v) is 2.05. The maximum absolute atomic E-state index is 4.24. The molecule has 0 saturated heterocycles. The number of thiazole rings is 1. The van der Waals surface area contributed by atoms with Crippen LogP contribution in [0.2, 0.25) is 0 Å². The monoisotopic (exact) mass is 169 g/mol. The maximum atomic E-state index is 4.24. The lowest BCUT2D eigenvalue weighted by Crippen LogP contribution is -1.87. The van der Waals surface area contributed by atoms with Crippen molar-refractivity contribution in [1.29, 1.82) is 0 Å². The highest BCUT2D eigenvalue weighted by Gasteiger charge is 2.06. The second-order valence-electron chi connectivity index (χ2n) is 2.97. The van der Waals surface area contributed by atoms with Crippen molar-refractivity contribution >= 4 is 11.3 Å². The zero-order chi connectivity index (χ0) is 8.27. The van der Waals surface area contributed by atoms with Gasteiger partial charge in [0.2, 0.25) is 0 Å². The first-order valence-electron chi connectivity index (χ1n) is 4.16. The topological polar surface area (TPSA) is 12.9 Å². The Hall–Kier alpha value is -0.370. The Labute approximate surface area is 72.5 Å². The van der Waals surface area contributed by atoms with Crippen LogP contribution in [-0.4, -0.2) is 4.98 Å². The molecule has 0 aliphatic rings. The lowest BCUT2D eigenvalue weighted by molar-refractivity contribution is 0.674. The molecular formula is C9H15NS. The Morgan fingerprint density at radius 2 is 2.36 bits per heavy atom. The van der Waals surface area contributed by atoms with Crippen LogP contribution in [0, 0.1) is 6.92 Å². The standard InChI is InChI=1S/C9H15NS/c1-4-5-7(2)9-6-10-8(3)11-9/h6-7H,4-5H2,1-3H3. The van der Waals surface area contributed by atoms with Crippen LogP contribution in [0.25, 0.3) is 0 Å². The molecule has 1 nitrogen and oxygen atoms in total. The van der Waals surface area contributed by atoms with Gasteiger partial charge in [0.25, 0.3) is 0 Å². The smallest absolute Gasteiger partial charge is 0.0896 e. The summed E-state index contributed by atoms with van der Waals surface area (Å²) < 4.78 is 0. The molecule has 1 heterocycles. The number of hydrogen-bond donors (Lipinski definition) is 0. The SMILES string of the molecule is CCCC(C)c1cnc(C)s1. The molecule has 0 radical (unpaired) electrons. The molecule has 0 amide bonds. The van der Waals surface area contributed by atoms with E-state index < -0.39 is 0 Å². The molecule has 0 spiro atoms. The summed E-state index contributed by atoms with van der Waals surface area (Å²) in [5, 5.41) is 1.18. The highest BCUT2D eigenvalue weighted by Crippen LogP contribution is 2.25. The van der Waals surface area contributed by atoms with E-state index in [-0.39, 0.29) is 0 Å². The molecule has 0 aromatic carbocycles. The van der Waals surface area contributed by atoms with E-state index in [0.717, 1.165) is 0 Å². The van der Waals surface area contributed by atoms with E-state index in [0.29, 0.717) is 5.92 Å². The first kappa shape index (κ1) is 8.72. The third-order valence-corrected chi connectivity index (χ3v) is 2.99. The van der Waals surface area contributed by atoms with Crippen molar-refractivity contribution in [2.24, 2.45) is 0 Å². The van der Waals surface area contributed by atoms with Gasteiger partial charge in [0.05, 0.1) is 5.01 Å². The summed E-state index contributed by atoms with van der Waals surface area (Å²) in [6.07, 6.45) is 4.56. The molecule has 1 rings (SSSR count). The van der Waals surface area contributed by atoms with E-state index in [1.54, 1.807) is 0 Å². The van der Waals surface area contributed by atoms with Crippen molar-refractivity contribution < 1.29 is 0 Å². The number of nitrogens with zero attached hydrogens (tertiary/aromatic N) is 1. The van der Waals surface area contributed by atoms with Crippen molar-refractivity contribution in [2.75, 3.05) is 0 Å². The molecule has 0 aliphatic carbocycles. The molecule has 1 unspecified atom stereocenters. The summed E-state index contributed by atoms with van der Waals surface area (Å²) >= 11 is 1.82. The zero-order valence-corrected chi connectivity index (χ0v) is 8.24. The van der Waals surface area contributed by atoms with Crippen LogP contribution in [-0.2, 0) is 0 Å². The molecule has 1 atom stereocenters. The van der Waals surface area contributed by atoms with Gasteiger partial charge in [0.1, 0.15) is 0 Å². The molecule has 0 aliphatic heterocycles. The van der Waals surface area contributed by atoms with Gasteiger partial charge in [0, 0.05) is 11.1 Å². The lowest BCUT2D eigenvalue weighted by Gasteiger charge is -2.04. The number of hydrogen-bond acceptors (Lipinski definition) is 2. The van der Waals surface area contributed by atoms with E-state index in [4.69, 9.17) is 0 Å². The minimum atomic E-state index is 0.700. The average molecular weight is 169 g/mol. The maximum Gasteiger partial charge on any atom is 0.0896 e. The molecule has 0 bridgehead atoms. The molecule has 1 aromatic rings. The minimum Gasteiger partial charge on any atom is -0.250 e. The normalized spacial score (nSPS) is 13.4. The summed E-state index contributed by atoms with van der Waals surface area (Å²) in [5.41, 5.74) is 0. The highest BCUT2D eigenvalue weighted by molar-refractivity contribution is 7.11. The molecule has 0 N–H and O–H groups in total. The molecule has 0 fully saturated rings. The first-order chi connectivity index (χ1) is 5.24. The zero-order valence-electron chi connectivity index (χ0n) is 7.42. The minimum absolute atomic E-state index is 0.700. The van der Waals surface area contributed by atoms with E-state index in [1.807, 2.05) is 17.5 Å². The Bertz CT molecular complexity index is 217. The van der Waals surface area contributed by atoms with Gasteiger partial charge in [-0.05, 0) is 19.3 Å². The van der Waals surface area contributed by atoms with Gasteiger partial charge in [-0.15, -0.1) is 11.3 Å². The van der Waals surface area contributed by atoms with E-state index in [1.165, 1.54) is 22.7 Å². The summed E-state index contributed by atoms with van der Waals surface area (Å²) in [4.78, 5) is 5.67. The van der Waals surface area contributed by atoms with Crippen molar-refractivity contribution in [2.45, 2.75) is 39.5 Å². The van der Waals surface area contributed by atoms with Crippen molar-refractivity contribution in [3.05, 3.63) is 16.1 Å². The van der Waals surface area contributed by atoms with E-state index in [9.17, 15) is 0 Å². The molecule has 0 saturated carbocycles. The predicted molar refractivity (Wildman–Crippen MR) is 50.2 cm³/mol. The number of aryl methyl sites for hydroxylation is 1. The number of rotatable bonds is 3. The molecule has 11 heavy (non-hydrogen) atoms. The van der Waals surface area contributed by atoms with Crippen LogP contribution in [0.5, 0.6) is 0 Å². The largest absolute Gasteiger partial charge is 0.250 e. The van der Waals surface area contributed by atoms with E-state index >= 15 is 0 Å². The predicted octanol–water partition coefficient (Wildman–Crippen LogP) is 3.36. The molecule has 1 aromatic heterocycles. The van der Waals surface area contributed by atoms with Gasteiger partial charge in [-0.2, -0.15) is 0 Å². The molecular weight excluding hydrogens is 154 g/mol. The van der Waals surface area contributed by atoms with Crippen LogP contribution in [0.4, 0.5) is 0 Å². The second kappa shape index (κ2) is 3.86. The summed E-state index contributed by atoms with van der Waals surface area (Å²) in [5.74, 6) is 0.700. The Morgan fingerprint density at radius 3 is 2.82 bits per heavy atom. The summed E-state index contributed by atoms with van der Waals surface area (Å²) in [6, 6.07) is 0. The third kappa shape index (κ3) is 2.29. The fraction of sp³-hybridized carbons (Fsp3) is 0.667. The Balaban J connectivity index is 2.60. The summed E-state index contributed by atoms with van der Waals surface area (Å²) in [7, 11) is 0. The quantitative estimate of drug-likeness (QED) is 0.676. The Morgan fingerprint density at radius 1 is 1.64 bits per heavy atom. The van der Waals surface area contributed by atoms with Crippen molar-refractivity contribution in [1.82, 2.24) is 4.98 Å². The average Bonchev–Trinajstić information content (AvgIpc) is 2.36. The van der Waals surface area contributed by atoms with Crippen LogP contribution >= 0.6 is 11.3 Å². The van der Waals surface area contributed by atoms with Crippen LogP contribution < -0.4 is 0 Å². The summed E-state index contributed by atoms with van der Waals surface area (Å²) in [6.45, 7) is 6.56. The third-order valence-electron chi connectivity index (χ3n) is 1.85. The van der Waals surface area contributed by atoms with Gasteiger partial charge in [-0.1, -0.05) is 20.3 Å². The van der Waals surface area contributed by atoms with Crippen LogP contribution in [0.1, 0.15) is 42.5 Å². The van der Waals surface area contributed by atoms with Crippen molar-refractivity contribution in [3.8, 4) is 0 Å². The lowest BCUT2D eigenvalue weighted by atomic mass is 10.1. The van der Waals surface area contributed by atoms with Gasteiger partial charge in [-0.3, -0.25) is 0 Å². The highest BCUT2D eigenvalue weighted by atomic mass is 32.1. The van der Waals surface area contributed by atoms with E-state index in [2.05, 4.69) is 25.8 Å². The second-order valence-corrected chi connectivity index (χ2v) is 4.24. The van der Waals surface area contributed by atoms with Gasteiger partial charge in [-0.25, -0.2) is 4.98 Å². The van der Waals surface area contributed by atoms with Crippen LogP contribution in [0.15, 0.2) is 6.20 Å². The molecule has 2 heteroatoms. The number of aromatic nitrogens is 1. The van der Waals surface area contributed by atoms with Gasteiger partial charge < -0.3 is 0 Å². The molecule has 62 valence electrons. The van der Waals surface area contributed by atoms with Gasteiger partial charge >= 0.3 is 0 Å². The first-order valence-corrected chi connectivity index (χ1v) is 4.98. The van der Waals surface area contributed by atoms with Gasteiger partial charge in [0.15, 0.2) is 0 Å². The Kier molecular flexibility index (Phi) is 3.06.